The summed E-state index contributed by atoms with van der Waals surface area (Å²) in [5.74, 6) is -0.149. The Bertz CT molecular complexity index is 296. The SMILES string of the molecule is C/C=C/C(=O)c1ccc([O])cc1. The number of carbonyl (C=O) groups is 1. The minimum Gasteiger partial charge on any atom is -0.290 e. The number of carbonyl (C=O) groups excluding carboxylic acids is 1. The van der Waals surface area contributed by atoms with Crippen LogP contribution in [0, 0.1) is 0 Å². The van der Waals surface area contributed by atoms with Gasteiger partial charge in [-0.3, -0.25) is 9.90 Å². The van der Waals surface area contributed by atoms with Crippen LogP contribution in [0.2, 0.25) is 0 Å². The van der Waals surface area contributed by atoms with Gasteiger partial charge in [0.05, 0.1) is 0 Å². The van der Waals surface area contributed by atoms with Gasteiger partial charge in [0.15, 0.2) is 11.5 Å². The Morgan fingerprint density at radius 3 is 2.33 bits per heavy atom. The van der Waals surface area contributed by atoms with Crippen molar-refractivity contribution < 1.29 is 9.90 Å². The zero-order valence-electron chi connectivity index (χ0n) is 6.78. The van der Waals surface area contributed by atoms with E-state index in [0.717, 1.165) is 0 Å². The van der Waals surface area contributed by atoms with Crippen LogP contribution < -0.4 is 0 Å². The van der Waals surface area contributed by atoms with Crippen molar-refractivity contribution in [3.63, 3.8) is 0 Å². The van der Waals surface area contributed by atoms with Crippen LogP contribution in [0.1, 0.15) is 17.3 Å². The van der Waals surface area contributed by atoms with Crippen molar-refractivity contribution in [3.8, 4) is 5.75 Å². The third-order valence-electron chi connectivity index (χ3n) is 1.46. The average Bonchev–Trinajstić information content (AvgIpc) is 2.06. The van der Waals surface area contributed by atoms with E-state index >= 15 is 0 Å². The largest absolute Gasteiger partial charge is 0.290 e. The van der Waals surface area contributed by atoms with E-state index in [4.69, 9.17) is 0 Å². The molecule has 0 aliphatic heterocycles. The molecular weight excluding hydrogens is 152 g/mol. The molecule has 0 saturated carbocycles. The van der Waals surface area contributed by atoms with Crippen molar-refractivity contribution in [2.24, 2.45) is 0 Å². The van der Waals surface area contributed by atoms with Gasteiger partial charge in [-0.25, -0.2) is 0 Å². The summed E-state index contributed by atoms with van der Waals surface area (Å²) in [6.07, 6.45) is 3.15. The molecule has 0 N–H and O–H groups in total. The van der Waals surface area contributed by atoms with Crippen LogP contribution in [0.4, 0.5) is 0 Å². The minimum absolute atomic E-state index is 0.0718. The van der Waals surface area contributed by atoms with E-state index in [2.05, 4.69) is 0 Å². The van der Waals surface area contributed by atoms with Crippen LogP contribution in [0.25, 0.3) is 0 Å². The number of benzene rings is 1. The van der Waals surface area contributed by atoms with E-state index in [0.29, 0.717) is 5.56 Å². The molecule has 61 valence electrons. The van der Waals surface area contributed by atoms with Gasteiger partial charge in [0, 0.05) is 5.56 Å². The molecular formula is C10H9O2. The summed E-state index contributed by atoms with van der Waals surface area (Å²) < 4.78 is 0. The Balaban J connectivity index is 2.90. The Morgan fingerprint density at radius 2 is 1.83 bits per heavy atom. The predicted molar refractivity (Wildman–Crippen MR) is 45.7 cm³/mol. The third kappa shape index (κ3) is 1.95. The lowest BCUT2D eigenvalue weighted by atomic mass is 10.1. The lowest BCUT2D eigenvalue weighted by Crippen LogP contribution is -1.92. The molecule has 1 aromatic rings. The predicted octanol–water partition coefficient (Wildman–Crippen LogP) is 2.59. The monoisotopic (exact) mass is 161 g/mol. The molecule has 0 saturated heterocycles. The second kappa shape index (κ2) is 3.72. The highest BCUT2D eigenvalue weighted by Crippen LogP contribution is 2.10. The maximum absolute atomic E-state index is 11.2. The van der Waals surface area contributed by atoms with E-state index in [1.54, 1.807) is 13.0 Å². The minimum atomic E-state index is -0.0768. The summed E-state index contributed by atoms with van der Waals surface area (Å²) in [6.45, 7) is 1.78. The molecule has 0 aliphatic carbocycles. The number of rotatable bonds is 2. The molecule has 1 aromatic carbocycles. The van der Waals surface area contributed by atoms with E-state index in [-0.39, 0.29) is 11.5 Å². The fourth-order valence-electron chi connectivity index (χ4n) is 0.867. The summed E-state index contributed by atoms with van der Waals surface area (Å²) in [5, 5.41) is 10.7. The molecule has 1 radical (unpaired) electrons. The Morgan fingerprint density at radius 1 is 1.25 bits per heavy atom. The van der Waals surface area contributed by atoms with Gasteiger partial charge in [-0.15, -0.1) is 0 Å². The molecule has 0 fully saturated rings. The molecule has 2 heteroatoms. The molecule has 0 bridgehead atoms. The number of ketones is 1. The van der Waals surface area contributed by atoms with Crippen LogP contribution in [-0.4, -0.2) is 5.78 Å². The Labute approximate surface area is 71.2 Å². The molecule has 12 heavy (non-hydrogen) atoms. The topological polar surface area (TPSA) is 37.0 Å². The molecule has 1 rings (SSSR count). The first-order chi connectivity index (χ1) is 5.74. The van der Waals surface area contributed by atoms with Crippen molar-refractivity contribution in [1.82, 2.24) is 0 Å². The fourth-order valence-corrected chi connectivity index (χ4v) is 0.867. The summed E-state index contributed by atoms with van der Waals surface area (Å²) >= 11 is 0. The zero-order valence-corrected chi connectivity index (χ0v) is 6.78. The highest BCUT2D eigenvalue weighted by molar-refractivity contribution is 6.04. The summed E-state index contributed by atoms with van der Waals surface area (Å²) in [6, 6.07) is 5.84. The first-order valence-electron chi connectivity index (χ1n) is 3.68. The number of allylic oxidation sites excluding steroid dienone is 2. The van der Waals surface area contributed by atoms with Gasteiger partial charge in [-0.05, 0) is 37.3 Å². The van der Waals surface area contributed by atoms with Crippen molar-refractivity contribution in [2.45, 2.75) is 6.92 Å². The lowest BCUT2D eigenvalue weighted by Gasteiger charge is -1.93. The van der Waals surface area contributed by atoms with Gasteiger partial charge in [0.2, 0.25) is 0 Å². The zero-order chi connectivity index (χ0) is 8.97. The maximum atomic E-state index is 11.2. The quantitative estimate of drug-likeness (QED) is 0.485. The fraction of sp³-hybridized carbons (Fsp3) is 0.100. The second-order valence-electron chi connectivity index (χ2n) is 2.39. The van der Waals surface area contributed by atoms with Crippen LogP contribution in [0.3, 0.4) is 0 Å². The van der Waals surface area contributed by atoms with Crippen molar-refractivity contribution >= 4 is 5.78 Å². The molecule has 0 amide bonds. The summed E-state index contributed by atoms with van der Waals surface area (Å²) in [4.78, 5) is 11.2. The number of hydrogen-bond donors (Lipinski definition) is 0. The maximum Gasteiger partial charge on any atom is 0.185 e. The van der Waals surface area contributed by atoms with Gasteiger partial charge in [0.25, 0.3) is 0 Å². The van der Waals surface area contributed by atoms with E-state index < -0.39 is 0 Å². The van der Waals surface area contributed by atoms with Crippen LogP contribution >= 0.6 is 0 Å². The molecule has 0 aromatic heterocycles. The average molecular weight is 161 g/mol. The van der Waals surface area contributed by atoms with E-state index in [1.807, 2.05) is 0 Å². The first kappa shape index (κ1) is 8.53. The van der Waals surface area contributed by atoms with Crippen molar-refractivity contribution in [2.75, 3.05) is 0 Å². The molecule has 2 nitrogen and oxygen atoms in total. The Kier molecular flexibility index (Phi) is 2.64. The summed E-state index contributed by atoms with van der Waals surface area (Å²) in [7, 11) is 0. The van der Waals surface area contributed by atoms with Gasteiger partial charge < -0.3 is 0 Å². The van der Waals surface area contributed by atoms with E-state index in [9.17, 15) is 9.90 Å². The van der Waals surface area contributed by atoms with Gasteiger partial charge in [0.1, 0.15) is 0 Å². The van der Waals surface area contributed by atoms with Gasteiger partial charge in [-0.2, -0.15) is 0 Å². The Hall–Kier alpha value is -1.57. The second-order valence-corrected chi connectivity index (χ2v) is 2.39. The molecule has 0 atom stereocenters. The molecule has 0 unspecified atom stereocenters. The van der Waals surface area contributed by atoms with Crippen LogP contribution in [-0.2, 0) is 5.11 Å². The van der Waals surface area contributed by atoms with Crippen LogP contribution in [0.5, 0.6) is 5.75 Å². The van der Waals surface area contributed by atoms with E-state index in [1.165, 1.54) is 30.3 Å². The highest BCUT2D eigenvalue weighted by Gasteiger charge is 2.00. The summed E-state index contributed by atoms with van der Waals surface area (Å²) in [5.41, 5.74) is 0.549. The molecule has 0 heterocycles. The van der Waals surface area contributed by atoms with Gasteiger partial charge in [-0.1, -0.05) is 6.08 Å². The third-order valence-corrected chi connectivity index (χ3v) is 1.46. The lowest BCUT2D eigenvalue weighted by molar-refractivity contribution is 0.104. The van der Waals surface area contributed by atoms with Crippen LogP contribution in [0.15, 0.2) is 36.4 Å². The molecule has 0 spiro atoms. The van der Waals surface area contributed by atoms with Gasteiger partial charge >= 0.3 is 0 Å². The normalized spacial score (nSPS) is 10.4. The number of hydrogen-bond acceptors (Lipinski definition) is 1. The van der Waals surface area contributed by atoms with Crippen molar-refractivity contribution in [1.29, 1.82) is 0 Å². The smallest absolute Gasteiger partial charge is 0.185 e. The highest BCUT2D eigenvalue weighted by atomic mass is 16.3. The van der Waals surface area contributed by atoms with Crippen molar-refractivity contribution in [3.05, 3.63) is 42.0 Å². The first-order valence-corrected chi connectivity index (χ1v) is 3.68. The standard InChI is InChI=1S/C10H9O2/c1-2-3-10(12)8-4-6-9(11)7-5-8/h2-7H,1H3/b3-2+. The molecule has 0 aliphatic rings.